The average molecular weight is 275 g/mol. The van der Waals surface area contributed by atoms with Gasteiger partial charge in [0.2, 0.25) is 0 Å². The Bertz CT molecular complexity index is 447. The van der Waals surface area contributed by atoms with Crippen molar-refractivity contribution in [1.82, 2.24) is 0 Å². The van der Waals surface area contributed by atoms with Crippen molar-refractivity contribution >= 4 is 12.4 Å². The van der Waals surface area contributed by atoms with Gasteiger partial charge in [-0.05, 0) is 37.3 Å². The zero-order valence-electron chi connectivity index (χ0n) is 10.7. The van der Waals surface area contributed by atoms with E-state index in [4.69, 9.17) is 4.74 Å². The highest BCUT2D eigenvalue weighted by molar-refractivity contribution is 6.73. The SMILES string of the molecule is CC1CCCC(Oc2cc([B-](F)(F)F)ccc2F)C1. The monoisotopic (exact) mass is 275 g/mol. The first-order valence-electron chi connectivity index (χ1n) is 6.52. The Kier molecular flexibility index (Phi) is 4.06. The van der Waals surface area contributed by atoms with Gasteiger partial charge in [0.1, 0.15) is 0 Å². The van der Waals surface area contributed by atoms with E-state index in [1.807, 2.05) is 0 Å². The van der Waals surface area contributed by atoms with Crippen LogP contribution in [0, 0.1) is 11.7 Å². The first kappa shape index (κ1) is 14.2. The summed E-state index contributed by atoms with van der Waals surface area (Å²) in [6.07, 6.45) is 3.41. The number of rotatable bonds is 3. The molecule has 106 valence electrons. The topological polar surface area (TPSA) is 9.23 Å². The Labute approximate surface area is 110 Å². The molecule has 0 aromatic heterocycles. The fraction of sp³-hybridized carbons (Fsp3) is 0.538. The highest BCUT2D eigenvalue weighted by Crippen LogP contribution is 2.28. The minimum atomic E-state index is -5.13. The van der Waals surface area contributed by atoms with Gasteiger partial charge in [-0.25, -0.2) is 4.39 Å². The molecule has 19 heavy (non-hydrogen) atoms. The number of hydrogen-bond donors (Lipinski definition) is 0. The molecule has 1 aliphatic carbocycles. The number of benzene rings is 1. The van der Waals surface area contributed by atoms with Crippen molar-refractivity contribution in [2.75, 3.05) is 0 Å². The molecule has 1 nitrogen and oxygen atoms in total. The molecule has 0 aliphatic heterocycles. The highest BCUT2D eigenvalue weighted by Gasteiger charge is 2.27. The third kappa shape index (κ3) is 3.64. The summed E-state index contributed by atoms with van der Waals surface area (Å²) >= 11 is 0. The molecular weight excluding hydrogens is 259 g/mol. The Hall–Kier alpha value is -1.20. The van der Waals surface area contributed by atoms with E-state index in [-0.39, 0.29) is 11.9 Å². The molecule has 1 aromatic rings. The largest absolute Gasteiger partial charge is 0.509 e. The summed E-state index contributed by atoms with van der Waals surface area (Å²) in [5.41, 5.74) is -0.819. The lowest BCUT2D eigenvalue weighted by Crippen LogP contribution is -2.34. The van der Waals surface area contributed by atoms with E-state index in [1.54, 1.807) is 0 Å². The van der Waals surface area contributed by atoms with Gasteiger partial charge in [-0.1, -0.05) is 19.4 Å². The van der Waals surface area contributed by atoms with Crippen LogP contribution in [0.2, 0.25) is 0 Å². The van der Waals surface area contributed by atoms with Crippen molar-refractivity contribution in [3.05, 3.63) is 24.0 Å². The molecule has 1 saturated carbocycles. The standard InChI is InChI=1S/C13H16BF4O/c1-9-3-2-4-11(7-9)19-13-8-10(14(16,17)18)5-6-12(13)15/h5-6,8-9,11H,2-4,7H2,1H3/q-1. The van der Waals surface area contributed by atoms with Gasteiger partial charge >= 0.3 is 6.98 Å². The van der Waals surface area contributed by atoms with Crippen molar-refractivity contribution in [3.63, 3.8) is 0 Å². The minimum absolute atomic E-state index is 0.186. The lowest BCUT2D eigenvalue weighted by Gasteiger charge is -2.28. The zero-order chi connectivity index (χ0) is 14.0. The van der Waals surface area contributed by atoms with Crippen molar-refractivity contribution in [1.29, 1.82) is 0 Å². The molecule has 1 aliphatic rings. The van der Waals surface area contributed by atoms with Gasteiger partial charge in [0.05, 0.1) is 6.10 Å². The quantitative estimate of drug-likeness (QED) is 0.601. The van der Waals surface area contributed by atoms with Gasteiger partial charge in [-0.2, -0.15) is 0 Å². The summed E-state index contributed by atoms with van der Waals surface area (Å²) in [4.78, 5) is 0. The second kappa shape index (κ2) is 5.43. The Morgan fingerprint density at radius 1 is 1.21 bits per heavy atom. The summed E-state index contributed by atoms with van der Waals surface area (Å²) in [5, 5.41) is 0. The summed E-state index contributed by atoms with van der Waals surface area (Å²) < 4.78 is 56.8. The van der Waals surface area contributed by atoms with E-state index in [1.165, 1.54) is 0 Å². The third-order valence-electron chi connectivity index (χ3n) is 3.52. The number of hydrogen-bond acceptors (Lipinski definition) is 1. The molecule has 2 rings (SSSR count). The molecular formula is C13H16BF4O-. The lowest BCUT2D eigenvalue weighted by molar-refractivity contribution is 0.124. The van der Waals surface area contributed by atoms with Crippen molar-refractivity contribution in [2.45, 2.75) is 38.7 Å². The van der Waals surface area contributed by atoms with E-state index in [0.29, 0.717) is 5.92 Å². The normalized spacial score (nSPS) is 24.3. The molecule has 6 heteroatoms. The molecule has 1 aromatic carbocycles. The van der Waals surface area contributed by atoms with Crippen molar-refractivity contribution in [3.8, 4) is 5.75 Å². The van der Waals surface area contributed by atoms with Crippen LogP contribution in [0.25, 0.3) is 0 Å². The smallest absolute Gasteiger partial charge is 0.487 e. The summed E-state index contributed by atoms with van der Waals surface area (Å²) in [5.74, 6) is -0.547. The van der Waals surface area contributed by atoms with Gasteiger partial charge in [0.25, 0.3) is 0 Å². The second-order valence-corrected chi connectivity index (χ2v) is 5.28. The maximum absolute atomic E-state index is 13.5. The van der Waals surface area contributed by atoms with Crippen LogP contribution in [0.5, 0.6) is 5.75 Å². The van der Waals surface area contributed by atoms with E-state index < -0.39 is 18.3 Å². The Morgan fingerprint density at radius 3 is 2.58 bits per heavy atom. The van der Waals surface area contributed by atoms with Crippen molar-refractivity contribution < 1.29 is 22.1 Å². The molecule has 1 fully saturated rings. The molecule has 2 atom stereocenters. The van der Waals surface area contributed by atoms with Gasteiger partial charge in [0, 0.05) is 0 Å². The lowest BCUT2D eigenvalue weighted by atomic mass is 9.80. The van der Waals surface area contributed by atoms with E-state index in [0.717, 1.165) is 43.9 Å². The summed E-state index contributed by atoms with van der Waals surface area (Å²) in [7, 11) is 0. The van der Waals surface area contributed by atoms with Crippen LogP contribution in [-0.4, -0.2) is 13.1 Å². The zero-order valence-corrected chi connectivity index (χ0v) is 10.7. The van der Waals surface area contributed by atoms with Gasteiger partial charge in [0.15, 0.2) is 11.6 Å². The fourth-order valence-electron chi connectivity index (χ4n) is 2.48. The highest BCUT2D eigenvalue weighted by atomic mass is 19.4. The van der Waals surface area contributed by atoms with Crippen LogP contribution < -0.4 is 10.2 Å². The average Bonchev–Trinajstić information content (AvgIpc) is 2.30. The van der Waals surface area contributed by atoms with Crippen LogP contribution >= 0.6 is 0 Å². The molecule has 0 heterocycles. The summed E-state index contributed by atoms with van der Waals surface area (Å²) in [6, 6.07) is 2.35. The van der Waals surface area contributed by atoms with Crippen LogP contribution in [0.4, 0.5) is 17.3 Å². The predicted molar refractivity (Wildman–Crippen MR) is 67.2 cm³/mol. The van der Waals surface area contributed by atoms with Gasteiger partial charge < -0.3 is 17.7 Å². The molecule has 0 radical (unpaired) electrons. The van der Waals surface area contributed by atoms with E-state index in [2.05, 4.69) is 6.92 Å². The Morgan fingerprint density at radius 2 is 1.95 bits per heavy atom. The maximum atomic E-state index is 13.5. The van der Waals surface area contributed by atoms with E-state index in [9.17, 15) is 17.3 Å². The molecule has 0 amide bonds. The van der Waals surface area contributed by atoms with Crippen LogP contribution in [0.1, 0.15) is 32.6 Å². The first-order chi connectivity index (χ1) is 8.86. The second-order valence-electron chi connectivity index (χ2n) is 5.28. The fourth-order valence-corrected chi connectivity index (χ4v) is 2.48. The van der Waals surface area contributed by atoms with Gasteiger partial charge in [-0.3, -0.25) is 0 Å². The van der Waals surface area contributed by atoms with Gasteiger partial charge in [-0.15, -0.1) is 5.46 Å². The minimum Gasteiger partial charge on any atom is -0.487 e. The van der Waals surface area contributed by atoms with Crippen LogP contribution in [0.15, 0.2) is 18.2 Å². The first-order valence-corrected chi connectivity index (χ1v) is 6.52. The van der Waals surface area contributed by atoms with Crippen LogP contribution in [0.3, 0.4) is 0 Å². The molecule has 2 unspecified atom stereocenters. The van der Waals surface area contributed by atoms with E-state index >= 15 is 0 Å². The molecule has 0 bridgehead atoms. The molecule has 0 saturated heterocycles. The van der Waals surface area contributed by atoms with Crippen molar-refractivity contribution in [2.24, 2.45) is 5.92 Å². The number of halogens is 4. The summed E-state index contributed by atoms with van der Waals surface area (Å²) in [6.45, 7) is -3.05. The van der Waals surface area contributed by atoms with Crippen LogP contribution in [-0.2, 0) is 0 Å². The maximum Gasteiger partial charge on any atom is 0.509 e. The Balaban J connectivity index is 2.15. The molecule has 0 N–H and O–H groups in total. The third-order valence-corrected chi connectivity index (χ3v) is 3.52. The number of ether oxygens (including phenoxy) is 1. The molecule has 0 spiro atoms. The predicted octanol–water partition coefficient (Wildman–Crippen LogP) is 3.84.